The number of aliphatic hydroxyl groups excluding tert-OH is 1. The highest BCUT2D eigenvalue weighted by Gasteiger charge is 2.80. The molecule has 4 rings (SSSR count). The Bertz CT molecular complexity index is 924. The van der Waals surface area contributed by atoms with E-state index in [1.165, 1.54) is 11.9 Å². The largest absolute Gasteiger partial charge is 0.394 e. The van der Waals surface area contributed by atoms with Crippen molar-refractivity contribution in [3.05, 3.63) is 29.3 Å². The highest BCUT2D eigenvalue weighted by atomic mass is 35.5. The number of hydrogen-bond donors (Lipinski definition) is 3. The third-order valence-electron chi connectivity index (χ3n) is 7.38. The van der Waals surface area contributed by atoms with E-state index in [1.54, 1.807) is 31.2 Å². The van der Waals surface area contributed by atoms with Crippen LogP contribution in [0.5, 0.6) is 0 Å². The highest BCUT2D eigenvalue weighted by Crippen LogP contribution is 2.65. The first-order valence-electron chi connectivity index (χ1n) is 10.5. The van der Waals surface area contributed by atoms with Gasteiger partial charge in [0.05, 0.1) is 30.1 Å². The fraction of sp³-hybridized carbons (Fsp3) is 0.591. The molecule has 3 fully saturated rings. The van der Waals surface area contributed by atoms with Crippen molar-refractivity contribution in [2.75, 3.05) is 19.0 Å². The number of fused-ring (bicyclic) bond motifs is 1. The van der Waals surface area contributed by atoms with E-state index in [0.717, 1.165) is 0 Å². The molecule has 0 radical (unpaired) electrons. The fourth-order valence-corrected chi connectivity index (χ4v) is 5.96. The molecule has 0 aromatic heterocycles. The lowest BCUT2D eigenvalue weighted by Crippen LogP contribution is -2.56. The summed E-state index contributed by atoms with van der Waals surface area (Å²) in [6, 6.07) is 5.10. The zero-order chi connectivity index (χ0) is 22.7. The number of aliphatic hydroxyl groups is 1. The molecule has 1 aromatic carbocycles. The minimum atomic E-state index is -1.14. The predicted octanol–water partition coefficient (Wildman–Crippen LogP) is 1.42. The van der Waals surface area contributed by atoms with Crippen molar-refractivity contribution in [1.29, 1.82) is 0 Å². The van der Waals surface area contributed by atoms with E-state index >= 15 is 0 Å². The number of carbonyl (C=O) groups excluding carboxylic acids is 3. The molecule has 31 heavy (non-hydrogen) atoms. The lowest BCUT2D eigenvalue weighted by molar-refractivity contribution is -0.148. The molecule has 9 heteroatoms. The summed E-state index contributed by atoms with van der Waals surface area (Å²) in [5, 5.41) is 15.9. The van der Waals surface area contributed by atoms with Crippen LogP contribution in [0, 0.1) is 17.8 Å². The van der Waals surface area contributed by atoms with Crippen LogP contribution in [0.3, 0.4) is 0 Å². The Labute approximate surface area is 186 Å². The number of ether oxygens (including phenoxy) is 1. The van der Waals surface area contributed by atoms with E-state index in [2.05, 4.69) is 10.6 Å². The average Bonchev–Trinajstić information content (AvgIpc) is 3.25. The van der Waals surface area contributed by atoms with Crippen LogP contribution in [0.25, 0.3) is 0 Å². The van der Waals surface area contributed by atoms with Gasteiger partial charge in [0.15, 0.2) is 0 Å². The molecular weight excluding hydrogens is 422 g/mol. The van der Waals surface area contributed by atoms with Crippen molar-refractivity contribution in [1.82, 2.24) is 10.2 Å². The van der Waals surface area contributed by atoms with E-state index < -0.39 is 41.0 Å². The van der Waals surface area contributed by atoms with Gasteiger partial charge in [0.1, 0.15) is 11.6 Å². The first-order chi connectivity index (χ1) is 14.6. The number of hydrogen-bond acceptors (Lipinski definition) is 5. The number of carbonyl (C=O) groups is 3. The third kappa shape index (κ3) is 2.99. The van der Waals surface area contributed by atoms with Gasteiger partial charge >= 0.3 is 0 Å². The summed E-state index contributed by atoms with van der Waals surface area (Å²) >= 11 is 5.94. The van der Waals surface area contributed by atoms with Crippen LogP contribution in [0.4, 0.5) is 5.69 Å². The van der Waals surface area contributed by atoms with Crippen molar-refractivity contribution in [2.45, 2.75) is 50.5 Å². The monoisotopic (exact) mass is 449 g/mol. The minimum Gasteiger partial charge on any atom is -0.394 e. The summed E-state index contributed by atoms with van der Waals surface area (Å²) in [6.45, 7) is 5.21. The first-order valence-corrected chi connectivity index (χ1v) is 10.9. The van der Waals surface area contributed by atoms with Gasteiger partial charge < -0.3 is 25.4 Å². The fourth-order valence-electron chi connectivity index (χ4n) is 5.84. The summed E-state index contributed by atoms with van der Waals surface area (Å²) in [7, 11) is 1.54. The Morgan fingerprint density at radius 1 is 1.32 bits per heavy atom. The maximum Gasteiger partial charge on any atom is 0.250 e. The molecule has 3 heterocycles. The third-order valence-corrected chi connectivity index (χ3v) is 7.63. The van der Waals surface area contributed by atoms with Gasteiger partial charge in [0, 0.05) is 17.8 Å². The Kier molecular flexibility index (Phi) is 5.31. The molecule has 3 saturated heterocycles. The first kappa shape index (κ1) is 22.0. The summed E-state index contributed by atoms with van der Waals surface area (Å²) in [5.74, 6) is -2.55. The van der Waals surface area contributed by atoms with Gasteiger partial charge in [-0.1, -0.05) is 18.5 Å². The van der Waals surface area contributed by atoms with Gasteiger partial charge in [-0.15, -0.1) is 0 Å². The summed E-state index contributed by atoms with van der Waals surface area (Å²) in [5.41, 5.74) is -1.45. The second-order valence-corrected chi connectivity index (χ2v) is 9.53. The summed E-state index contributed by atoms with van der Waals surface area (Å²) in [6.07, 6.45) is 0.473. The van der Waals surface area contributed by atoms with E-state index in [1.807, 2.05) is 13.8 Å². The van der Waals surface area contributed by atoms with Crippen LogP contribution in [0.2, 0.25) is 5.02 Å². The van der Waals surface area contributed by atoms with Crippen molar-refractivity contribution in [2.24, 2.45) is 17.8 Å². The number of rotatable bonds is 5. The zero-order valence-corrected chi connectivity index (χ0v) is 18.8. The smallest absolute Gasteiger partial charge is 0.250 e. The molecule has 1 aromatic rings. The Morgan fingerprint density at radius 3 is 2.55 bits per heavy atom. The molecule has 3 aliphatic heterocycles. The van der Waals surface area contributed by atoms with Crippen LogP contribution in [-0.4, -0.2) is 64.7 Å². The van der Waals surface area contributed by atoms with Crippen LogP contribution >= 0.6 is 11.6 Å². The molecule has 1 spiro atoms. The molecule has 3 amide bonds. The Morgan fingerprint density at radius 2 is 1.97 bits per heavy atom. The van der Waals surface area contributed by atoms with Gasteiger partial charge in [0.2, 0.25) is 17.7 Å². The van der Waals surface area contributed by atoms with Crippen LogP contribution < -0.4 is 10.6 Å². The average molecular weight is 450 g/mol. The SMILES string of the molecule is CNC(=O)[C@@H]1[C@H]2C(=O)N([C@H](C)CO)C(C(=O)Nc3ccc(Cl)cc3)C23CC(C)[C@@]1(C)O3. The number of halogens is 1. The van der Waals surface area contributed by atoms with Crippen molar-refractivity contribution >= 4 is 35.0 Å². The molecule has 8 nitrogen and oxygen atoms in total. The normalized spacial score (nSPS) is 37.0. The minimum absolute atomic E-state index is 0.0333. The van der Waals surface area contributed by atoms with Crippen LogP contribution in [-0.2, 0) is 19.1 Å². The van der Waals surface area contributed by atoms with Crippen molar-refractivity contribution in [3.63, 3.8) is 0 Å². The van der Waals surface area contributed by atoms with Gasteiger partial charge in [-0.25, -0.2) is 0 Å². The van der Waals surface area contributed by atoms with Crippen LogP contribution in [0.15, 0.2) is 24.3 Å². The molecule has 168 valence electrons. The quantitative estimate of drug-likeness (QED) is 0.630. The summed E-state index contributed by atoms with van der Waals surface area (Å²) < 4.78 is 6.52. The van der Waals surface area contributed by atoms with E-state index in [0.29, 0.717) is 17.1 Å². The highest BCUT2D eigenvalue weighted by molar-refractivity contribution is 6.30. The van der Waals surface area contributed by atoms with E-state index in [9.17, 15) is 19.5 Å². The molecule has 3 unspecified atom stereocenters. The standard InChI is InChI=1S/C22H28ClN3O5/c1-11-9-22-16(15(18(28)24-4)21(11,3)31-22)20(30)26(12(2)10-27)17(22)19(29)25-14-7-5-13(23)6-8-14/h5-8,11-12,15-17,27H,9-10H2,1-4H3,(H,24,28)(H,25,29)/t11?,12-,15+,16+,17?,21-,22?/m1/s1. The topological polar surface area (TPSA) is 108 Å². The number of nitrogens with one attached hydrogen (secondary N) is 2. The van der Waals surface area contributed by atoms with Gasteiger partial charge in [-0.05, 0) is 50.5 Å². The number of amides is 3. The Hall–Kier alpha value is -2.16. The van der Waals surface area contributed by atoms with E-state index in [-0.39, 0.29) is 24.3 Å². The van der Waals surface area contributed by atoms with Gasteiger partial charge in [0.25, 0.3) is 0 Å². The van der Waals surface area contributed by atoms with Crippen molar-refractivity contribution < 1.29 is 24.2 Å². The van der Waals surface area contributed by atoms with Crippen LogP contribution in [0.1, 0.15) is 27.2 Å². The molecule has 0 saturated carbocycles. The maximum atomic E-state index is 13.6. The lowest BCUT2D eigenvalue weighted by atomic mass is 9.62. The molecule has 0 aliphatic carbocycles. The van der Waals surface area contributed by atoms with Gasteiger partial charge in [-0.2, -0.15) is 0 Å². The molecular formula is C22H28ClN3O5. The summed E-state index contributed by atoms with van der Waals surface area (Å²) in [4.78, 5) is 41.4. The molecule has 3 aliphatic rings. The number of nitrogens with zero attached hydrogens (tertiary/aromatic N) is 1. The molecule has 2 bridgehead atoms. The number of likely N-dealkylation sites (tertiary alicyclic amines) is 1. The maximum absolute atomic E-state index is 13.6. The van der Waals surface area contributed by atoms with E-state index in [4.69, 9.17) is 16.3 Å². The van der Waals surface area contributed by atoms with Gasteiger partial charge in [-0.3, -0.25) is 14.4 Å². The molecule has 3 N–H and O–H groups in total. The Balaban J connectivity index is 1.79. The second kappa shape index (κ2) is 7.46. The van der Waals surface area contributed by atoms with Crippen molar-refractivity contribution in [3.8, 4) is 0 Å². The molecule has 7 atom stereocenters. The zero-order valence-electron chi connectivity index (χ0n) is 18.0. The number of anilines is 1. The predicted molar refractivity (Wildman–Crippen MR) is 114 cm³/mol. The lowest BCUT2D eigenvalue weighted by Gasteiger charge is -2.36. The second-order valence-electron chi connectivity index (χ2n) is 9.09. The number of benzene rings is 1.